The van der Waals surface area contributed by atoms with Crippen LogP contribution in [0.1, 0.15) is 37.1 Å². The maximum Gasteiger partial charge on any atom is 0.300 e. The highest BCUT2D eigenvalue weighted by atomic mass is 32.2. The van der Waals surface area contributed by atoms with Crippen LogP contribution in [0.3, 0.4) is 0 Å². The number of carbonyl (C=O) groups is 1. The first-order valence-corrected chi connectivity index (χ1v) is 8.68. The van der Waals surface area contributed by atoms with E-state index in [4.69, 9.17) is 9.90 Å². The zero-order valence-electron chi connectivity index (χ0n) is 14.2. The van der Waals surface area contributed by atoms with Crippen molar-refractivity contribution in [3.05, 3.63) is 29.8 Å². The second-order valence-electron chi connectivity index (χ2n) is 5.69. The highest BCUT2D eigenvalue weighted by Crippen LogP contribution is 2.31. The average Bonchev–Trinajstić information content (AvgIpc) is 2.91. The van der Waals surface area contributed by atoms with Crippen LogP contribution in [0.15, 0.2) is 28.5 Å². The minimum absolute atomic E-state index is 0.529. The summed E-state index contributed by atoms with van der Waals surface area (Å²) in [7, 11) is 2.07. The molecule has 2 N–H and O–H groups in total. The third-order valence-corrected chi connectivity index (χ3v) is 4.96. The van der Waals surface area contributed by atoms with Gasteiger partial charge in [0.25, 0.3) is 5.97 Å². The number of aryl methyl sites for hydroxylation is 1. The predicted octanol–water partition coefficient (Wildman–Crippen LogP) is 2.23. The summed E-state index contributed by atoms with van der Waals surface area (Å²) in [6.07, 6.45) is 5.99. The van der Waals surface area contributed by atoms with Crippen LogP contribution in [0.2, 0.25) is 0 Å². The lowest BCUT2D eigenvalue weighted by atomic mass is 9.97. The Morgan fingerprint density at radius 2 is 2.04 bits per heavy atom. The van der Waals surface area contributed by atoms with Gasteiger partial charge in [0.2, 0.25) is 0 Å². The first-order chi connectivity index (χ1) is 11.5. The summed E-state index contributed by atoms with van der Waals surface area (Å²) in [4.78, 5) is 14.3. The molecule has 0 radical (unpaired) electrons. The summed E-state index contributed by atoms with van der Waals surface area (Å²) in [5.41, 5.74) is 1.17. The van der Waals surface area contributed by atoms with Crippen LogP contribution < -0.4 is 5.32 Å². The molecule has 1 fully saturated rings. The SMILES string of the molecule is CC(=O)O.Cc1cnccc1Sc1nnc(C2CCNCC2)n1C. The van der Waals surface area contributed by atoms with E-state index in [1.165, 1.54) is 10.5 Å². The number of piperidine rings is 1. The predicted molar refractivity (Wildman–Crippen MR) is 92.3 cm³/mol. The Hall–Kier alpha value is -1.93. The van der Waals surface area contributed by atoms with E-state index in [1.807, 2.05) is 18.5 Å². The summed E-state index contributed by atoms with van der Waals surface area (Å²) >= 11 is 1.66. The lowest BCUT2D eigenvalue weighted by molar-refractivity contribution is -0.134. The van der Waals surface area contributed by atoms with Crippen molar-refractivity contribution in [3.63, 3.8) is 0 Å². The number of pyridine rings is 1. The fourth-order valence-corrected chi connectivity index (χ4v) is 3.38. The van der Waals surface area contributed by atoms with E-state index in [0.717, 1.165) is 43.8 Å². The van der Waals surface area contributed by atoms with Crippen molar-refractivity contribution in [2.45, 2.75) is 42.7 Å². The Balaban J connectivity index is 0.000000471. The maximum absolute atomic E-state index is 9.00. The standard InChI is InChI=1S/C14H19N5S.C2H4O2/c1-10-9-16-8-5-12(10)20-14-18-17-13(19(14)2)11-3-6-15-7-4-11;1-2(3)4/h5,8-9,11,15H,3-4,6-7H2,1-2H3;1H3,(H,3,4). The van der Waals surface area contributed by atoms with E-state index < -0.39 is 5.97 Å². The van der Waals surface area contributed by atoms with Gasteiger partial charge in [-0.2, -0.15) is 0 Å². The topological polar surface area (TPSA) is 92.9 Å². The molecule has 3 rings (SSSR count). The molecule has 8 heteroatoms. The summed E-state index contributed by atoms with van der Waals surface area (Å²) < 4.78 is 2.14. The number of nitrogens with zero attached hydrogens (tertiary/aromatic N) is 4. The second-order valence-corrected chi connectivity index (χ2v) is 6.70. The van der Waals surface area contributed by atoms with Crippen molar-refractivity contribution in [3.8, 4) is 0 Å². The molecule has 0 bridgehead atoms. The molecular weight excluding hydrogens is 326 g/mol. The summed E-state index contributed by atoms with van der Waals surface area (Å²) in [6.45, 7) is 5.30. The first kappa shape index (κ1) is 18.4. The maximum atomic E-state index is 9.00. The lowest BCUT2D eigenvalue weighted by Crippen LogP contribution is -2.27. The van der Waals surface area contributed by atoms with Gasteiger partial charge in [-0.05, 0) is 56.2 Å². The Labute approximate surface area is 145 Å². The third kappa shape index (κ3) is 5.04. The van der Waals surface area contributed by atoms with Gasteiger partial charge in [0.15, 0.2) is 5.16 Å². The number of hydrogen-bond acceptors (Lipinski definition) is 6. The highest BCUT2D eigenvalue weighted by molar-refractivity contribution is 7.99. The third-order valence-electron chi connectivity index (χ3n) is 3.74. The smallest absolute Gasteiger partial charge is 0.300 e. The number of hydrogen-bond donors (Lipinski definition) is 2. The molecule has 1 saturated heterocycles. The van der Waals surface area contributed by atoms with Crippen molar-refractivity contribution >= 4 is 17.7 Å². The Morgan fingerprint density at radius 3 is 2.67 bits per heavy atom. The second kappa shape index (κ2) is 8.79. The number of aromatic nitrogens is 4. The number of nitrogens with one attached hydrogen (secondary N) is 1. The summed E-state index contributed by atoms with van der Waals surface area (Å²) in [5.74, 6) is 0.808. The first-order valence-electron chi connectivity index (χ1n) is 7.87. The minimum Gasteiger partial charge on any atom is -0.481 e. The molecule has 0 saturated carbocycles. The van der Waals surface area contributed by atoms with Gasteiger partial charge >= 0.3 is 0 Å². The van der Waals surface area contributed by atoms with Crippen LogP contribution in [-0.2, 0) is 11.8 Å². The summed E-state index contributed by atoms with van der Waals surface area (Å²) in [5, 5.41) is 20.5. The van der Waals surface area contributed by atoms with E-state index >= 15 is 0 Å². The Kier molecular flexibility index (Phi) is 6.74. The van der Waals surface area contributed by atoms with E-state index in [-0.39, 0.29) is 0 Å². The Morgan fingerprint density at radius 1 is 1.38 bits per heavy atom. The molecule has 0 aliphatic carbocycles. The number of carboxylic acid groups (broad SMARTS) is 1. The minimum atomic E-state index is -0.833. The molecule has 2 aromatic heterocycles. The number of carboxylic acids is 1. The molecule has 0 spiro atoms. The molecule has 3 heterocycles. The molecule has 1 aliphatic rings. The zero-order valence-corrected chi connectivity index (χ0v) is 15.0. The van der Waals surface area contributed by atoms with Gasteiger partial charge in [0.05, 0.1) is 0 Å². The van der Waals surface area contributed by atoms with Crippen molar-refractivity contribution in [1.82, 2.24) is 25.1 Å². The summed E-state index contributed by atoms with van der Waals surface area (Å²) in [6, 6.07) is 2.03. The van der Waals surface area contributed by atoms with Gasteiger partial charge in [-0.15, -0.1) is 10.2 Å². The highest BCUT2D eigenvalue weighted by Gasteiger charge is 2.22. The number of rotatable bonds is 3. The van der Waals surface area contributed by atoms with Gasteiger partial charge in [-0.25, -0.2) is 0 Å². The molecule has 1 aliphatic heterocycles. The Bertz CT molecular complexity index is 679. The van der Waals surface area contributed by atoms with Crippen LogP contribution >= 0.6 is 11.8 Å². The van der Waals surface area contributed by atoms with E-state index in [0.29, 0.717) is 5.92 Å². The molecule has 2 aromatic rings. The van der Waals surface area contributed by atoms with Gasteiger partial charge < -0.3 is 15.0 Å². The van der Waals surface area contributed by atoms with Crippen LogP contribution in [0.5, 0.6) is 0 Å². The van der Waals surface area contributed by atoms with Gasteiger partial charge in [-0.3, -0.25) is 9.78 Å². The largest absolute Gasteiger partial charge is 0.481 e. The normalized spacial score (nSPS) is 14.8. The van der Waals surface area contributed by atoms with Crippen LogP contribution in [0, 0.1) is 6.92 Å². The molecule has 0 amide bonds. The molecule has 24 heavy (non-hydrogen) atoms. The monoisotopic (exact) mass is 349 g/mol. The molecule has 0 atom stereocenters. The van der Waals surface area contributed by atoms with Gasteiger partial charge in [0, 0.05) is 37.2 Å². The molecule has 0 aromatic carbocycles. The van der Waals surface area contributed by atoms with Crippen LogP contribution in [0.4, 0.5) is 0 Å². The van der Waals surface area contributed by atoms with Crippen molar-refractivity contribution in [1.29, 1.82) is 0 Å². The molecule has 7 nitrogen and oxygen atoms in total. The van der Waals surface area contributed by atoms with E-state index in [9.17, 15) is 0 Å². The molecule has 130 valence electrons. The zero-order chi connectivity index (χ0) is 17.5. The van der Waals surface area contributed by atoms with E-state index in [1.54, 1.807) is 11.8 Å². The molecular formula is C16H23N5O2S. The van der Waals surface area contributed by atoms with Crippen LogP contribution in [0.25, 0.3) is 0 Å². The quantitative estimate of drug-likeness (QED) is 0.877. The van der Waals surface area contributed by atoms with E-state index in [2.05, 4.69) is 39.0 Å². The lowest BCUT2D eigenvalue weighted by Gasteiger charge is -2.21. The fraction of sp³-hybridized carbons (Fsp3) is 0.500. The fourth-order valence-electron chi connectivity index (χ4n) is 2.52. The van der Waals surface area contributed by atoms with Crippen molar-refractivity contribution < 1.29 is 9.90 Å². The van der Waals surface area contributed by atoms with Gasteiger partial charge in [-0.1, -0.05) is 0 Å². The van der Waals surface area contributed by atoms with Crippen molar-refractivity contribution in [2.75, 3.05) is 13.1 Å². The number of aliphatic carboxylic acids is 1. The average molecular weight is 349 g/mol. The van der Waals surface area contributed by atoms with Gasteiger partial charge in [0.1, 0.15) is 5.82 Å². The van der Waals surface area contributed by atoms with Crippen molar-refractivity contribution in [2.24, 2.45) is 7.05 Å². The van der Waals surface area contributed by atoms with Crippen LogP contribution in [-0.4, -0.2) is 43.9 Å². The molecule has 0 unspecified atom stereocenters.